The molecule has 0 aliphatic carbocycles. The van der Waals surface area contributed by atoms with Crippen LogP contribution < -0.4 is 14.8 Å². The summed E-state index contributed by atoms with van der Waals surface area (Å²) in [5, 5.41) is 2.81. The smallest absolute Gasteiger partial charge is 0.244 e. The number of furan rings is 1. The largest absolute Gasteiger partial charge is 0.494 e. The number of rotatable bonds is 8. The third-order valence-electron chi connectivity index (χ3n) is 3.57. The highest BCUT2D eigenvalue weighted by Crippen LogP contribution is 2.23. The molecule has 0 aliphatic heterocycles. The second kappa shape index (κ2) is 9.24. The fourth-order valence-corrected chi connectivity index (χ4v) is 2.30. The Labute approximate surface area is 157 Å². The zero-order valence-electron chi connectivity index (χ0n) is 14.9. The Morgan fingerprint density at radius 2 is 2.00 bits per heavy atom. The van der Waals surface area contributed by atoms with E-state index in [1.54, 1.807) is 36.7 Å². The van der Waals surface area contributed by atoms with Gasteiger partial charge in [0, 0.05) is 24.9 Å². The fraction of sp³-hybridized carbons (Fsp3) is 0.143. The van der Waals surface area contributed by atoms with Gasteiger partial charge in [-0.1, -0.05) is 0 Å². The van der Waals surface area contributed by atoms with E-state index in [0.717, 1.165) is 11.3 Å². The van der Waals surface area contributed by atoms with Crippen molar-refractivity contribution in [1.82, 2.24) is 10.3 Å². The Bertz CT molecular complexity index is 887. The lowest BCUT2D eigenvalue weighted by atomic mass is 10.2. The lowest BCUT2D eigenvalue weighted by molar-refractivity contribution is -0.116. The van der Waals surface area contributed by atoms with Gasteiger partial charge in [-0.2, -0.15) is 0 Å². The summed E-state index contributed by atoms with van der Waals surface area (Å²) < 4.78 is 16.3. The molecule has 27 heavy (non-hydrogen) atoms. The molecule has 0 atom stereocenters. The second-order valence-electron chi connectivity index (χ2n) is 5.58. The average Bonchev–Trinajstić information content (AvgIpc) is 3.20. The lowest BCUT2D eigenvalue weighted by Crippen LogP contribution is -2.20. The predicted octanol–water partition coefficient (Wildman–Crippen LogP) is 4.20. The number of benzene rings is 1. The number of nitrogens with zero attached hydrogens (tertiary/aromatic N) is 1. The van der Waals surface area contributed by atoms with Crippen molar-refractivity contribution in [2.24, 2.45) is 0 Å². The van der Waals surface area contributed by atoms with E-state index < -0.39 is 0 Å². The van der Waals surface area contributed by atoms with Gasteiger partial charge in [0.1, 0.15) is 17.3 Å². The van der Waals surface area contributed by atoms with E-state index in [1.807, 2.05) is 37.3 Å². The van der Waals surface area contributed by atoms with E-state index in [4.69, 9.17) is 13.9 Å². The molecular formula is C21H20N2O4. The third kappa shape index (κ3) is 5.74. The summed E-state index contributed by atoms with van der Waals surface area (Å²) in [6, 6.07) is 14.5. The minimum absolute atomic E-state index is 0.211. The molecule has 0 bridgehead atoms. The summed E-state index contributed by atoms with van der Waals surface area (Å²) in [5.74, 6) is 2.32. The molecule has 0 saturated heterocycles. The quantitative estimate of drug-likeness (QED) is 0.607. The minimum atomic E-state index is -0.211. The molecule has 0 fully saturated rings. The molecule has 0 aliphatic rings. The maximum Gasteiger partial charge on any atom is 0.244 e. The van der Waals surface area contributed by atoms with Gasteiger partial charge in [0.05, 0.1) is 12.9 Å². The van der Waals surface area contributed by atoms with E-state index >= 15 is 0 Å². The summed E-state index contributed by atoms with van der Waals surface area (Å²) >= 11 is 0. The molecule has 3 aromatic rings. The Kier molecular flexibility index (Phi) is 6.25. The van der Waals surface area contributed by atoms with Crippen LogP contribution in [-0.4, -0.2) is 17.5 Å². The van der Waals surface area contributed by atoms with Gasteiger partial charge in [-0.25, -0.2) is 4.98 Å². The molecule has 0 spiro atoms. The van der Waals surface area contributed by atoms with Gasteiger partial charge in [-0.05, 0) is 61.0 Å². The number of nitrogens with one attached hydrogen (secondary N) is 1. The molecule has 3 rings (SSSR count). The first-order chi connectivity index (χ1) is 13.2. The first kappa shape index (κ1) is 18.3. The van der Waals surface area contributed by atoms with Gasteiger partial charge in [-0.3, -0.25) is 4.79 Å². The Balaban J connectivity index is 1.54. The number of amides is 1. The summed E-state index contributed by atoms with van der Waals surface area (Å²) in [6.45, 7) is 2.92. The number of aromatic nitrogens is 1. The molecule has 1 aromatic carbocycles. The Morgan fingerprint density at radius 3 is 2.74 bits per heavy atom. The van der Waals surface area contributed by atoms with Gasteiger partial charge >= 0.3 is 0 Å². The van der Waals surface area contributed by atoms with Crippen LogP contribution in [0.25, 0.3) is 6.08 Å². The van der Waals surface area contributed by atoms with Crippen molar-refractivity contribution >= 4 is 12.0 Å². The zero-order valence-corrected chi connectivity index (χ0v) is 14.9. The topological polar surface area (TPSA) is 73.6 Å². The van der Waals surface area contributed by atoms with Crippen LogP contribution >= 0.6 is 0 Å². The van der Waals surface area contributed by atoms with Crippen LogP contribution in [-0.2, 0) is 11.3 Å². The molecule has 138 valence electrons. The highest BCUT2D eigenvalue weighted by Gasteiger charge is 2.03. The average molecular weight is 364 g/mol. The van der Waals surface area contributed by atoms with E-state index in [2.05, 4.69) is 10.3 Å². The molecule has 1 amide bonds. The first-order valence-electron chi connectivity index (χ1n) is 8.58. The van der Waals surface area contributed by atoms with Crippen LogP contribution in [0.5, 0.6) is 17.4 Å². The van der Waals surface area contributed by atoms with Crippen molar-refractivity contribution in [2.75, 3.05) is 6.61 Å². The standard InChI is InChI=1S/C21H20N2O4/c1-2-25-18-5-7-19(8-6-18)27-21-14-16(11-12-22-21)15-23-20(24)10-9-17-4-3-13-26-17/h3-14H,2,15H2,1H3,(H,23,24)/b10-9+. The van der Waals surface area contributed by atoms with Crippen molar-refractivity contribution in [3.05, 3.63) is 78.4 Å². The molecule has 6 heteroatoms. The number of carbonyl (C=O) groups excluding carboxylic acids is 1. The van der Waals surface area contributed by atoms with Crippen molar-refractivity contribution < 1.29 is 18.7 Å². The van der Waals surface area contributed by atoms with Gasteiger partial charge < -0.3 is 19.2 Å². The summed E-state index contributed by atoms with van der Waals surface area (Å²) in [6.07, 6.45) is 6.24. The number of pyridine rings is 1. The van der Waals surface area contributed by atoms with Gasteiger partial charge in [0.25, 0.3) is 0 Å². The molecule has 0 radical (unpaired) electrons. The fourth-order valence-electron chi connectivity index (χ4n) is 2.30. The minimum Gasteiger partial charge on any atom is -0.494 e. The summed E-state index contributed by atoms with van der Waals surface area (Å²) in [4.78, 5) is 16.1. The van der Waals surface area contributed by atoms with E-state index in [0.29, 0.717) is 30.5 Å². The molecule has 0 saturated carbocycles. The molecule has 0 unspecified atom stereocenters. The van der Waals surface area contributed by atoms with Crippen molar-refractivity contribution in [3.8, 4) is 17.4 Å². The van der Waals surface area contributed by atoms with E-state index in [9.17, 15) is 4.79 Å². The normalized spacial score (nSPS) is 10.7. The molecule has 2 heterocycles. The van der Waals surface area contributed by atoms with Crippen molar-refractivity contribution in [1.29, 1.82) is 0 Å². The number of hydrogen-bond donors (Lipinski definition) is 1. The summed E-state index contributed by atoms with van der Waals surface area (Å²) in [7, 11) is 0. The second-order valence-corrected chi connectivity index (χ2v) is 5.58. The Morgan fingerprint density at radius 1 is 1.19 bits per heavy atom. The predicted molar refractivity (Wildman–Crippen MR) is 102 cm³/mol. The SMILES string of the molecule is CCOc1ccc(Oc2cc(CNC(=O)/C=C/c3ccco3)ccn2)cc1. The van der Waals surface area contributed by atoms with Crippen LogP contribution in [0, 0.1) is 0 Å². The summed E-state index contributed by atoms with van der Waals surface area (Å²) in [5.41, 5.74) is 0.880. The highest BCUT2D eigenvalue weighted by molar-refractivity contribution is 5.91. The lowest BCUT2D eigenvalue weighted by Gasteiger charge is -2.08. The van der Waals surface area contributed by atoms with Crippen LogP contribution in [0.4, 0.5) is 0 Å². The van der Waals surface area contributed by atoms with Crippen molar-refractivity contribution in [3.63, 3.8) is 0 Å². The molecule has 1 N–H and O–H groups in total. The monoisotopic (exact) mass is 364 g/mol. The van der Waals surface area contributed by atoms with Crippen LogP contribution in [0.2, 0.25) is 0 Å². The Hall–Kier alpha value is -3.54. The van der Waals surface area contributed by atoms with Crippen molar-refractivity contribution in [2.45, 2.75) is 13.5 Å². The third-order valence-corrected chi connectivity index (χ3v) is 3.57. The van der Waals surface area contributed by atoms with Gasteiger partial charge in [0.2, 0.25) is 11.8 Å². The first-order valence-corrected chi connectivity index (χ1v) is 8.58. The number of ether oxygens (including phenoxy) is 2. The molecule has 6 nitrogen and oxygen atoms in total. The highest BCUT2D eigenvalue weighted by atomic mass is 16.5. The van der Waals surface area contributed by atoms with E-state index in [1.165, 1.54) is 6.08 Å². The zero-order chi connectivity index (χ0) is 18.9. The number of hydrogen-bond acceptors (Lipinski definition) is 5. The van der Waals surface area contributed by atoms with Crippen LogP contribution in [0.3, 0.4) is 0 Å². The number of carbonyl (C=O) groups is 1. The van der Waals surface area contributed by atoms with Gasteiger partial charge in [0.15, 0.2) is 0 Å². The van der Waals surface area contributed by atoms with Gasteiger partial charge in [-0.15, -0.1) is 0 Å². The molecular weight excluding hydrogens is 344 g/mol. The van der Waals surface area contributed by atoms with E-state index in [-0.39, 0.29) is 5.91 Å². The molecule has 2 aromatic heterocycles. The van der Waals surface area contributed by atoms with Crippen LogP contribution in [0.1, 0.15) is 18.2 Å². The maximum atomic E-state index is 11.9. The maximum absolute atomic E-state index is 11.9. The van der Waals surface area contributed by atoms with Crippen LogP contribution in [0.15, 0.2) is 71.5 Å².